The van der Waals surface area contributed by atoms with Crippen molar-refractivity contribution in [3.05, 3.63) is 89.5 Å². The predicted octanol–water partition coefficient (Wildman–Crippen LogP) is 4.83. The van der Waals surface area contributed by atoms with Crippen molar-refractivity contribution in [3.8, 4) is 11.5 Å². The summed E-state index contributed by atoms with van der Waals surface area (Å²) in [4.78, 5) is 24.1. The second kappa shape index (κ2) is 8.19. The number of aryl methyl sites for hydroxylation is 1. The highest BCUT2D eigenvalue weighted by molar-refractivity contribution is 6.04. The van der Waals surface area contributed by atoms with E-state index in [1.54, 1.807) is 60.7 Å². The molecule has 27 heavy (non-hydrogen) atoms. The first-order valence-electron chi connectivity index (χ1n) is 8.40. The van der Waals surface area contributed by atoms with Crippen molar-refractivity contribution in [1.29, 1.82) is 0 Å². The van der Waals surface area contributed by atoms with E-state index in [2.05, 4.69) is 5.32 Å². The average molecular weight is 361 g/mol. The van der Waals surface area contributed by atoms with Gasteiger partial charge in [-0.05, 0) is 55.5 Å². The summed E-state index contributed by atoms with van der Waals surface area (Å²) in [6.07, 6.45) is 0. The fourth-order valence-electron chi connectivity index (χ4n) is 2.48. The van der Waals surface area contributed by atoms with E-state index in [0.717, 1.165) is 5.56 Å². The minimum absolute atomic E-state index is 0.181. The molecule has 0 bridgehead atoms. The largest absolute Gasteiger partial charge is 0.465 e. The SMILES string of the molecule is COC(=O)c1ccccc1Oc1ccc(NC(=O)c2ccc(C)cc2)cc1. The minimum atomic E-state index is -0.465. The van der Waals surface area contributed by atoms with Crippen LogP contribution in [0, 0.1) is 6.92 Å². The second-order valence-electron chi connectivity index (χ2n) is 5.93. The molecule has 0 fully saturated rings. The molecule has 0 aliphatic heterocycles. The van der Waals surface area contributed by atoms with Crippen LogP contribution in [0.1, 0.15) is 26.3 Å². The molecule has 5 nitrogen and oxygen atoms in total. The lowest BCUT2D eigenvalue weighted by Gasteiger charge is -2.11. The molecule has 0 atom stereocenters. The Hall–Kier alpha value is -3.60. The Balaban J connectivity index is 1.70. The predicted molar refractivity (Wildman–Crippen MR) is 103 cm³/mol. The first kappa shape index (κ1) is 18.2. The quantitative estimate of drug-likeness (QED) is 0.661. The van der Waals surface area contributed by atoms with Gasteiger partial charge in [0.1, 0.15) is 17.1 Å². The molecular weight excluding hydrogens is 342 g/mol. The van der Waals surface area contributed by atoms with Gasteiger partial charge in [-0.2, -0.15) is 0 Å². The van der Waals surface area contributed by atoms with Crippen molar-refractivity contribution in [1.82, 2.24) is 0 Å². The molecule has 0 aliphatic rings. The Kier molecular flexibility index (Phi) is 5.52. The molecule has 0 aromatic heterocycles. The number of para-hydroxylation sites is 1. The molecule has 0 radical (unpaired) electrons. The maximum Gasteiger partial charge on any atom is 0.341 e. The zero-order valence-corrected chi connectivity index (χ0v) is 15.1. The summed E-state index contributed by atoms with van der Waals surface area (Å²) in [7, 11) is 1.32. The van der Waals surface area contributed by atoms with Crippen LogP contribution in [0.25, 0.3) is 0 Å². The summed E-state index contributed by atoms with van der Waals surface area (Å²) in [6, 6.07) is 21.1. The molecule has 0 heterocycles. The van der Waals surface area contributed by atoms with E-state index < -0.39 is 5.97 Å². The second-order valence-corrected chi connectivity index (χ2v) is 5.93. The number of carbonyl (C=O) groups excluding carboxylic acids is 2. The van der Waals surface area contributed by atoms with E-state index in [9.17, 15) is 9.59 Å². The molecular formula is C22H19NO4. The van der Waals surface area contributed by atoms with E-state index in [0.29, 0.717) is 28.3 Å². The minimum Gasteiger partial charge on any atom is -0.465 e. The van der Waals surface area contributed by atoms with E-state index in [4.69, 9.17) is 9.47 Å². The smallest absolute Gasteiger partial charge is 0.341 e. The molecule has 5 heteroatoms. The van der Waals surface area contributed by atoms with Crippen LogP contribution in [0.15, 0.2) is 72.8 Å². The van der Waals surface area contributed by atoms with Crippen molar-refractivity contribution < 1.29 is 19.1 Å². The van der Waals surface area contributed by atoms with E-state index in [1.165, 1.54) is 7.11 Å². The molecule has 3 aromatic carbocycles. The first-order valence-corrected chi connectivity index (χ1v) is 8.40. The Labute approximate surface area is 157 Å². The normalized spacial score (nSPS) is 10.1. The monoisotopic (exact) mass is 361 g/mol. The van der Waals surface area contributed by atoms with Crippen LogP contribution in [0.3, 0.4) is 0 Å². The maximum atomic E-state index is 12.3. The molecule has 0 aliphatic carbocycles. The van der Waals surface area contributed by atoms with Crippen LogP contribution in [0.2, 0.25) is 0 Å². The topological polar surface area (TPSA) is 64.6 Å². The van der Waals surface area contributed by atoms with Gasteiger partial charge in [0.25, 0.3) is 5.91 Å². The number of anilines is 1. The Morgan fingerprint density at radius 2 is 1.52 bits per heavy atom. The number of methoxy groups -OCH3 is 1. The van der Waals surface area contributed by atoms with Crippen LogP contribution in [-0.2, 0) is 4.74 Å². The summed E-state index contributed by atoms with van der Waals surface area (Å²) in [6.45, 7) is 1.97. The summed E-state index contributed by atoms with van der Waals surface area (Å²) >= 11 is 0. The van der Waals surface area contributed by atoms with Gasteiger partial charge in [0, 0.05) is 11.3 Å². The molecule has 1 N–H and O–H groups in total. The molecule has 0 spiro atoms. The van der Waals surface area contributed by atoms with Gasteiger partial charge in [0.05, 0.1) is 7.11 Å². The third-order valence-corrected chi connectivity index (χ3v) is 3.95. The number of nitrogens with one attached hydrogen (secondary N) is 1. The van der Waals surface area contributed by atoms with Crippen LogP contribution < -0.4 is 10.1 Å². The van der Waals surface area contributed by atoms with Gasteiger partial charge in [-0.3, -0.25) is 4.79 Å². The third kappa shape index (κ3) is 4.52. The van der Waals surface area contributed by atoms with E-state index in [1.807, 2.05) is 19.1 Å². The van der Waals surface area contributed by atoms with Crippen LogP contribution in [-0.4, -0.2) is 19.0 Å². The number of rotatable bonds is 5. The zero-order valence-electron chi connectivity index (χ0n) is 15.1. The Morgan fingerprint density at radius 3 is 2.19 bits per heavy atom. The number of ether oxygens (including phenoxy) is 2. The fraction of sp³-hybridized carbons (Fsp3) is 0.0909. The molecule has 0 saturated heterocycles. The van der Waals surface area contributed by atoms with Crippen molar-refractivity contribution in [2.75, 3.05) is 12.4 Å². The summed E-state index contributed by atoms with van der Waals surface area (Å²) in [5.41, 5.74) is 2.68. The molecule has 1 amide bonds. The lowest BCUT2D eigenvalue weighted by Crippen LogP contribution is -2.11. The summed E-state index contributed by atoms with van der Waals surface area (Å²) in [5.74, 6) is 0.299. The number of carbonyl (C=O) groups is 2. The van der Waals surface area contributed by atoms with Crippen LogP contribution in [0.4, 0.5) is 5.69 Å². The number of hydrogen-bond donors (Lipinski definition) is 1. The number of esters is 1. The lowest BCUT2D eigenvalue weighted by molar-refractivity contribution is 0.0597. The van der Waals surface area contributed by atoms with E-state index in [-0.39, 0.29) is 5.91 Å². The number of amides is 1. The standard InChI is InChI=1S/C22H19NO4/c1-15-7-9-16(10-8-15)21(24)23-17-11-13-18(14-12-17)27-20-6-4-3-5-19(20)22(25)26-2/h3-14H,1-2H3,(H,23,24). The van der Waals surface area contributed by atoms with Gasteiger partial charge in [-0.25, -0.2) is 4.79 Å². The van der Waals surface area contributed by atoms with Gasteiger partial charge in [-0.15, -0.1) is 0 Å². The molecule has 0 unspecified atom stereocenters. The highest BCUT2D eigenvalue weighted by Gasteiger charge is 2.13. The van der Waals surface area contributed by atoms with Crippen molar-refractivity contribution >= 4 is 17.6 Å². The highest BCUT2D eigenvalue weighted by atomic mass is 16.5. The van der Waals surface area contributed by atoms with Gasteiger partial charge < -0.3 is 14.8 Å². The molecule has 0 saturated carbocycles. The summed E-state index contributed by atoms with van der Waals surface area (Å²) in [5, 5.41) is 2.84. The zero-order chi connectivity index (χ0) is 19.2. The van der Waals surface area contributed by atoms with Crippen LogP contribution in [0.5, 0.6) is 11.5 Å². The Bertz CT molecular complexity index is 947. The van der Waals surface area contributed by atoms with Gasteiger partial charge in [0.2, 0.25) is 0 Å². The lowest BCUT2D eigenvalue weighted by atomic mass is 10.1. The van der Waals surface area contributed by atoms with E-state index >= 15 is 0 Å². The average Bonchev–Trinajstić information content (AvgIpc) is 2.70. The maximum absolute atomic E-state index is 12.3. The molecule has 3 rings (SSSR count). The first-order chi connectivity index (χ1) is 13.1. The molecule has 136 valence electrons. The number of benzene rings is 3. The van der Waals surface area contributed by atoms with Crippen molar-refractivity contribution in [3.63, 3.8) is 0 Å². The fourth-order valence-corrected chi connectivity index (χ4v) is 2.48. The van der Waals surface area contributed by atoms with Crippen molar-refractivity contribution in [2.24, 2.45) is 0 Å². The summed E-state index contributed by atoms with van der Waals surface area (Å²) < 4.78 is 10.5. The third-order valence-electron chi connectivity index (χ3n) is 3.95. The van der Waals surface area contributed by atoms with Gasteiger partial charge in [-0.1, -0.05) is 29.8 Å². The Morgan fingerprint density at radius 1 is 0.852 bits per heavy atom. The van der Waals surface area contributed by atoms with Gasteiger partial charge in [0.15, 0.2) is 0 Å². The number of hydrogen-bond acceptors (Lipinski definition) is 4. The molecule has 3 aromatic rings. The highest BCUT2D eigenvalue weighted by Crippen LogP contribution is 2.27. The van der Waals surface area contributed by atoms with Crippen molar-refractivity contribution in [2.45, 2.75) is 6.92 Å². The van der Waals surface area contributed by atoms with Gasteiger partial charge >= 0.3 is 5.97 Å². The van der Waals surface area contributed by atoms with Crippen LogP contribution >= 0.6 is 0 Å².